The molecule has 134 valence electrons. The average Bonchev–Trinajstić information content (AvgIpc) is 2.67. The van der Waals surface area contributed by atoms with Crippen molar-refractivity contribution in [2.75, 3.05) is 21.3 Å². The third kappa shape index (κ3) is 3.25. The first-order chi connectivity index (χ1) is 12.6. The van der Waals surface area contributed by atoms with Crippen LogP contribution < -0.4 is 14.2 Å². The van der Waals surface area contributed by atoms with Crippen LogP contribution in [0.5, 0.6) is 17.2 Å². The zero-order chi connectivity index (χ0) is 18.7. The van der Waals surface area contributed by atoms with Crippen LogP contribution >= 0.6 is 0 Å². The van der Waals surface area contributed by atoms with Gasteiger partial charge in [-0.3, -0.25) is 0 Å². The highest BCUT2D eigenvalue weighted by molar-refractivity contribution is 5.87. The van der Waals surface area contributed by atoms with Gasteiger partial charge in [-0.1, -0.05) is 41.5 Å². The van der Waals surface area contributed by atoms with Gasteiger partial charge in [0.2, 0.25) is 0 Å². The third-order valence-electron chi connectivity index (χ3n) is 4.51. The molecule has 0 N–H and O–H groups in total. The fourth-order valence-corrected chi connectivity index (χ4v) is 3.25. The van der Waals surface area contributed by atoms with E-state index < -0.39 is 0 Å². The quantitative estimate of drug-likeness (QED) is 0.595. The van der Waals surface area contributed by atoms with Crippen LogP contribution in [0, 0.1) is 13.8 Å². The van der Waals surface area contributed by atoms with Crippen molar-refractivity contribution in [3.63, 3.8) is 0 Å². The topological polar surface area (TPSA) is 27.7 Å². The van der Waals surface area contributed by atoms with Crippen molar-refractivity contribution in [2.45, 2.75) is 13.8 Å². The minimum Gasteiger partial charge on any atom is -0.496 e. The highest BCUT2D eigenvalue weighted by atomic mass is 16.5. The number of rotatable bonds is 5. The number of hydrogen-bond acceptors (Lipinski definition) is 3. The van der Waals surface area contributed by atoms with Gasteiger partial charge in [0.25, 0.3) is 0 Å². The van der Waals surface area contributed by atoms with Crippen LogP contribution in [0.4, 0.5) is 0 Å². The second kappa shape index (κ2) is 7.52. The van der Waals surface area contributed by atoms with E-state index in [1.165, 1.54) is 11.1 Å². The fourth-order valence-electron chi connectivity index (χ4n) is 3.25. The van der Waals surface area contributed by atoms with Crippen molar-refractivity contribution in [3.05, 3.63) is 65.7 Å². The summed E-state index contributed by atoms with van der Waals surface area (Å²) in [5.74, 6) is 2.45. The molecule has 0 bridgehead atoms. The molecule has 0 atom stereocenters. The number of ether oxygens (including phenoxy) is 3. The molecule has 0 aromatic heterocycles. The molecule has 0 saturated heterocycles. The lowest BCUT2D eigenvalue weighted by atomic mass is 9.94. The number of methoxy groups -OCH3 is 3. The molecule has 26 heavy (non-hydrogen) atoms. The predicted octanol–water partition coefficient (Wildman–Crippen LogP) is 5.66. The standard InChI is InChI=1S/C23H24O3/c1-15-9-11-21(24-3)19(13-15)17-7-6-8-18(23(17)26-5)20-14-16(2)10-12-22(20)25-4/h6-14H,1-5H3. The molecule has 0 radical (unpaired) electrons. The van der Waals surface area contributed by atoms with Gasteiger partial charge in [-0.15, -0.1) is 0 Å². The SMILES string of the molecule is COc1ccc(C)cc1-c1cccc(-c2cc(C)ccc2OC)c1OC. The predicted molar refractivity (Wildman–Crippen MR) is 106 cm³/mol. The van der Waals surface area contributed by atoms with Gasteiger partial charge in [-0.25, -0.2) is 0 Å². The molecule has 3 nitrogen and oxygen atoms in total. The summed E-state index contributed by atoms with van der Waals surface area (Å²) in [7, 11) is 5.08. The van der Waals surface area contributed by atoms with Gasteiger partial charge < -0.3 is 14.2 Å². The minimum absolute atomic E-state index is 0.806. The highest BCUT2D eigenvalue weighted by Gasteiger charge is 2.18. The molecule has 3 aromatic rings. The lowest BCUT2D eigenvalue weighted by molar-refractivity contribution is 0.408. The Kier molecular flexibility index (Phi) is 5.17. The Morgan fingerprint density at radius 2 is 1.00 bits per heavy atom. The number of hydrogen-bond donors (Lipinski definition) is 0. The number of benzene rings is 3. The zero-order valence-electron chi connectivity index (χ0n) is 15.9. The molecule has 0 amide bonds. The van der Waals surface area contributed by atoms with Crippen LogP contribution in [0.3, 0.4) is 0 Å². The monoisotopic (exact) mass is 348 g/mol. The van der Waals surface area contributed by atoms with Gasteiger partial charge >= 0.3 is 0 Å². The van der Waals surface area contributed by atoms with E-state index in [1.807, 2.05) is 30.3 Å². The van der Waals surface area contributed by atoms with E-state index in [9.17, 15) is 0 Å². The lowest BCUT2D eigenvalue weighted by Crippen LogP contribution is -1.96. The van der Waals surface area contributed by atoms with Gasteiger partial charge in [0, 0.05) is 22.3 Å². The fraction of sp³-hybridized carbons (Fsp3) is 0.217. The third-order valence-corrected chi connectivity index (χ3v) is 4.51. The van der Waals surface area contributed by atoms with E-state index in [-0.39, 0.29) is 0 Å². The molecule has 0 aliphatic rings. The largest absolute Gasteiger partial charge is 0.496 e. The molecule has 0 saturated carbocycles. The number of aryl methyl sites for hydroxylation is 2. The molecule has 3 aromatic carbocycles. The van der Waals surface area contributed by atoms with Crippen LogP contribution in [0.25, 0.3) is 22.3 Å². The first-order valence-corrected chi connectivity index (χ1v) is 8.56. The molecule has 0 fully saturated rings. The van der Waals surface area contributed by atoms with Crippen molar-refractivity contribution in [1.82, 2.24) is 0 Å². The summed E-state index contributed by atoms with van der Waals surface area (Å²) >= 11 is 0. The maximum atomic E-state index is 5.85. The molecule has 0 aliphatic carbocycles. The Balaban J connectivity index is 2.28. The molecule has 3 rings (SSSR count). The Hall–Kier alpha value is -2.94. The molecule has 0 aliphatic heterocycles. The van der Waals surface area contributed by atoms with Crippen molar-refractivity contribution in [2.24, 2.45) is 0 Å². The molecule has 0 heterocycles. The number of para-hydroxylation sites is 1. The maximum Gasteiger partial charge on any atom is 0.134 e. The second-order valence-corrected chi connectivity index (χ2v) is 6.29. The lowest BCUT2D eigenvalue weighted by Gasteiger charge is -2.18. The van der Waals surface area contributed by atoms with E-state index in [1.54, 1.807) is 21.3 Å². The minimum atomic E-state index is 0.806. The van der Waals surface area contributed by atoms with Gasteiger partial charge in [0.1, 0.15) is 17.2 Å². The second-order valence-electron chi connectivity index (χ2n) is 6.29. The van der Waals surface area contributed by atoms with Crippen molar-refractivity contribution in [3.8, 4) is 39.5 Å². The Bertz CT molecular complexity index is 857. The Morgan fingerprint density at radius 3 is 1.38 bits per heavy atom. The summed E-state index contributed by atoms with van der Waals surface area (Å²) in [6.45, 7) is 4.14. The van der Waals surface area contributed by atoms with Gasteiger partial charge in [0.15, 0.2) is 0 Å². The van der Waals surface area contributed by atoms with E-state index in [0.29, 0.717) is 0 Å². The summed E-state index contributed by atoms with van der Waals surface area (Å²) in [6.07, 6.45) is 0. The van der Waals surface area contributed by atoms with Crippen molar-refractivity contribution in [1.29, 1.82) is 0 Å². The highest BCUT2D eigenvalue weighted by Crippen LogP contribution is 2.44. The summed E-state index contributed by atoms with van der Waals surface area (Å²) in [6, 6.07) is 18.5. The van der Waals surface area contributed by atoms with Crippen LogP contribution in [0.1, 0.15) is 11.1 Å². The maximum absolute atomic E-state index is 5.85. The molecule has 0 spiro atoms. The zero-order valence-corrected chi connectivity index (χ0v) is 15.9. The van der Waals surface area contributed by atoms with E-state index in [2.05, 4.69) is 38.1 Å². The van der Waals surface area contributed by atoms with E-state index >= 15 is 0 Å². The molecule has 3 heteroatoms. The summed E-state index contributed by atoms with van der Waals surface area (Å²) in [4.78, 5) is 0. The van der Waals surface area contributed by atoms with Crippen molar-refractivity contribution < 1.29 is 14.2 Å². The van der Waals surface area contributed by atoms with Crippen molar-refractivity contribution >= 4 is 0 Å². The Morgan fingerprint density at radius 1 is 0.538 bits per heavy atom. The summed E-state index contributed by atoms with van der Waals surface area (Å²) in [5, 5.41) is 0. The van der Waals surface area contributed by atoms with E-state index in [0.717, 1.165) is 39.5 Å². The first kappa shape index (κ1) is 17.9. The van der Waals surface area contributed by atoms with Gasteiger partial charge in [-0.05, 0) is 38.1 Å². The van der Waals surface area contributed by atoms with E-state index in [4.69, 9.17) is 14.2 Å². The molecular weight excluding hydrogens is 324 g/mol. The van der Waals surface area contributed by atoms with Gasteiger partial charge in [-0.2, -0.15) is 0 Å². The van der Waals surface area contributed by atoms with Crippen LogP contribution in [-0.4, -0.2) is 21.3 Å². The van der Waals surface area contributed by atoms with Crippen LogP contribution in [0.2, 0.25) is 0 Å². The summed E-state index contributed by atoms with van der Waals surface area (Å²) in [5.41, 5.74) is 6.35. The summed E-state index contributed by atoms with van der Waals surface area (Å²) < 4.78 is 17.0. The first-order valence-electron chi connectivity index (χ1n) is 8.56. The molecular formula is C23H24O3. The van der Waals surface area contributed by atoms with Crippen LogP contribution in [0.15, 0.2) is 54.6 Å². The van der Waals surface area contributed by atoms with Crippen LogP contribution in [-0.2, 0) is 0 Å². The van der Waals surface area contributed by atoms with Gasteiger partial charge in [0.05, 0.1) is 21.3 Å². The average molecular weight is 348 g/mol. The molecule has 0 unspecified atom stereocenters. The normalized spacial score (nSPS) is 10.5. The Labute approximate surface area is 155 Å². The smallest absolute Gasteiger partial charge is 0.134 e.